The van der Waals surface area contributed by atoms with Gasteiger partial charge in [0.05, 0.1) is 6.54 Å². The molecule has 0 aromatic heterocycles. The molecule has 29 heavy (non-hydrogen) atoms. The van der Waals surface area contributed by atoms with E-state index in [1.54, 1.807) is 26.0 Å². The first-order chi connectivity index (χ1) is 13.6. The van der Waals surface area contributed by atoms with Gasteiger partial charge in [-0.1, -0.05) is 24.3 Å². The number of guanidine groups is 1. The Labute approximate surface area is 166 Å². The number of nitrogens with two attached hydrogens (primary N) is 1. The van der Waals surface area contributed by atoms with Gasteiger partial charge in [0.2, 0.25) is 0 Å². The third-order valence-electron chi connectivity index (χ3n) is 4.38. The summed E-state index contributed by atoms with van der Waals surface area (Å²) in [6.45, 7) is 3.93. The molecule has 1 aliphatic heterocycles. The van der Waals surface area contributed by atoms with Crippen LogP contribution in [-0.4, -0.2) is 28.3 Å². The standard InChI is InChI=1S/C20H21F2N5O2/c1-20(2)17(28)27(18(23)26-20)11-13-5-3-12(4-6-13)10-24-19(29)25-16-8-14(21)7-15(22)9-16/h3-9H,10-11H2,1-2H3,(H2,23,26)(H2,24,25,29). The molecule has 0 radical (unpaired) electrons. The largest absolute Gasteiger partial charge is 0.369 e. The molecule has 0 spiro atoms. The summed E-state index contributed by atoms with van der Waals surface area (Å²) in [5.41, 5.74) is 6.67. The van der Waals surface area contributed by atoms with E-state index in [1.165, 1.54) is 4.90 Å². The number of aliphatic imine (C=N–C) groups is 1. The Hall–Kier alpha value is -3.49. The van der Waals surface area contributed by atoms with Crippen molar-refractivity contribution < 1.29 is 18.4 Å². The SMILES string of the molecule is CC1(C)N=C(N)N(Cc2ccc(CNC(=O)Nc3cc(F)cc(F)c3)cc2)C1=O. The van der Waals surface area contributed by atoms with Crippen molar-refractivity contribution in [3.05, 3.63) is 65.2 Å². The van der Waals surface area contributed by atoms with Crippen LogP contribution in [0.5, 0.6) is 0 Å². The molecule has 0 saturated heterocycles. The second-order valence-corrected chi connectivity index (χ2v) is 7.20. The van der Waals surface area contributed by atoms with Gasteiger partial charge < -0.3 is 16.4 Å². The van der Waals surface area contributed by atoms with Gasteiger partial charge in [0.25, 0.3) is 5.91 Å². The maximum Gasteiger partial charge on any atom is 0.319 e. The first-order valence-corrected chi connectivity index (χ1v) is 8.90. The van der Waals surface area contributed by atoms with Crippen LogP contribution in [0.4, 0.5) is 19.3 Å². The van der Waals surface area contributed by atoms with E-state index in [9.17, 15) is 18.4 Å². The lowest BCUT2D eigenvalue weighted by Crippen LogP contribution is -2.41. The van der Waals surface area contributed by atoms with Crippen molar-refractivity contribution in [2.24, 2.45) is 10.7 Å². The first kappa shape index (κ1) is 20.2. The molecule has 0 unspecified atom stereocenters. The zero-order chi connectivity index (χ0) is 21.2. The van der Waals surface area contributed by atoms with Crippen LogP contribution in [0.15, 0.2) is 47.5 Å². The Balaban J connectivity index is 1.54. The van der Waals surface area contributed by atoms with Crippen LogP contribution in [0, 0.1) is 11.6 Å². The number of nitrogens with one attached hydrogen (secondary N) is 2. The Morgan fingerprint density at radius 2 is 1.69 bits per heavy atom. The molecule has 0 aliphatic carbocycles. The topological polar surface area (TPSA) is 99.8 Å². The van der Waals surface area contributed by atoms with E-state index in [0.29, 0.717) is 6.54 Å². The number of carbonyl (C=O) groups excluding carboxylic acids is 2. The summed E-state index contributed by atoms with van der Waals surface area (Å²) in [7, 11) is 0. The monoisotopic (exact) mass is 401 g/mol. The molecule has 0 bridgehead atoms. The quantitative estimate of drug-likeness (QED) is 0.718. The van der Waals surface area contributed by atoms with Crippen molar-refractivity contribution in [2.75, 3.05) is 5.32 Å². The number of urea groups is 1. The molecule has 7 nitrogen and oxygen atoms in total. The molecule has 0 saturated carbocycles. The summed E-state index contributed by atoms with van der Waals surface area (Å²) in [5, 5.41) is 4.97. The molecular formula is C20H21F2N5O2. The van der Waals surface area contributed by atoms with Crippen LogP contribution < -0.4 is 16.4 Å². The Bertz CT molecular complexity index is 953. The zero-order valence-electron chi connectivity index (χ0n) is 16.0. The fraction of sp³-hybridized carbons (Fsp3) is 0.250. The Morgan fingerprint density at radius 1 is 1.10 bits per heavy atom. The number of carbonyl (C=O) groups is 2. The van der Waals surface area contributed by atoms with Gasteiger partial charge in [-0.3, -0.25) is 9.69 Å². The summed E-state index contributed by atoms with van der Waals surface area (Å²) >= 11 is 0. The maximum absolute atomic E-state index is 13.2. The minimum atomic E-state index is -0.855. The van der Waals surface area contributed by atoms with Gasteiger partial charge in [-0.2, -0.15) is 0 Å². The highest BCUT2D eigenvalue weighted by Gasteiger charge is 2.39. The van der Waals surface area contributed by atoms with Gasteiger partial charge in [0.15, 0.2) is 5.96 Å². The lowest BCUT2D eigenvalue weighted by atomic mass is 10.1. The second kappa shape index (κ2) is 7.86. The van der Waals surface area contributed by atoms with Crippen LogP contribution in [0.25, 0.3) is 0 Å². The predicted molar refractivity (Wildman–Crippen MR) is 105 cm³/mol. The molecule has 2 aromatic rings. The van der Waals surface area contributed by atoms with Gasteiger partial charge >= 0.3 is 6.03 Å². The van der Waals surface area contributed by atoms with Crippen LogP contribution in [0.2, 0.25) is 0 Å². The van der Waals surface area contributed by atoms with Gasteiger partial charge in [-0.25, -0.2) is 18.6 Å². The normalized spacial score (nSPS) is 15.2. The Kier molecular flexibility index (Phi) is 5.49. The van der Waals surface area contributed by atoms with E-state index in [1.807, 2.05) is 12.1 Å². The number of hydrogen-bond donors (Lipinski definition) is 3. The fourth-order valence-corrected chi connectivity index (χ4v) is 2.91. The third-order valence-corrected chi connectivity index (χ3v) is 4.38. The van der Waals surface area contributed by atoms with Gasteiger partial charge in [0.1, 0.15) is 17.2 Å². The van der Waals surface area contributed by atoms with Crippen LogP contribution in [0.1, 0.15) is 25.0 Å². The van der Waals surface area contributed by atoms with E-state index in [-0.39, 0.29) is 24.1 Å². The highest BCUT2D eigenvalue weighted by atomic mass is 19.1. The maximum atomic E-state index is 13.2. The van der Waals surface area contributed by atoms with Crippen molar-refractivity contribution in [1.29, 1.82) is 0 Å². The molecular weight excluding hydrogens is 380 g/mol. The van der Waals surface area contributed by atoms with E-state index < -0.39 is 23.2 Å². The zero-order valence-corrected chi connectivity index (χ0v) is 16.0. The number of nitrogens with zero attached hydrogens (tertiary/aromatic N) is 2. The highest BCUT2D eigenvalue weighted by Crippen LogP contribution is 2.22. The molecule has 152 valence electrons. The lowest BCUT2D eigenvalue weighted by molar-refractivity contribution is -0.130. The van der Waals surface area contributed by atoms with Crippen molar-refractivity contribution in [3.63, 3.8) is 0 Å². The minimum Gasteiger partial charge on any atom is -0.369 e. The smallest absolute Gasteiger partial charge is 0.319 e. The summed E-state index contributed by atoms with van der Waals surface area (Å²) < 4.78 is 26.3. The van der Waals surface area contributed by atoms with E-state index in [0.717, 1.165) is 29.3 Å². The highest BCUT2D eigenvalue weighted by molar-refractivity contribution is 6.06. The summed E-state index contributed by atoms with van der Waals surface area (Å²) in [6.07, 6.45) is 0. The predicted octanol–water partition coefficient (Wildman–Crippen LogP) is 2.72. The molecule has 2 aromatic carbocycles. The van der Waals surface area contributed by atoms with Crippen molar-refractivity contribution in [2.45, 2.75) is 32.5 Å². The number of rotatable bonds is 5. The third kappa shape index (κ3) is 4.87. The van der Waals surface area contributed by atoms with Crippen molar-refractivity contribution in [3.8, 4) is 0 Å². The molecule has 3 amide bonds. The molecule has 1 heterocycles. The molecule has 0 atom stereocenters. The van der Waals surface area contributed by atoms with Gasteiger partial charge in [-0.05, 0) is 37.1 Å². The summed E-state index contributed by atoms with van der Waals surface area (Å²) in [4.78, 5) is 29.8. The molecule has 0 fully saturated rings. The van der Waals surface area contributed by atoms with Crippen LogP contribution in [0.3, 0.4) is 0 Å². The van der Waals surface area contributed by atoms with E-state index in [4.69, 9.17) is 5.73 Å². The summed E-state index contributed by atoms with van der Waals surface area (Å²) in [6, 6.07) is 9.42. The minimum absolute atomic E-state index is 0.0211. The van der Waals surface area contributed by atoms with E-state index >= 15 is 0 Å². The number of amides is 3. The number of hydrogen-bond acceptors (Lipinski definition) is 4. The van der Waals surface area contributed by atoms with Crippen molar-refractivity contribution >= 4 is 23.6 Å². The molecule has 1 aliphatic rings. The number of anilines is 1. The fourth-order valence-electron chi connectivity index (χ4n) is 2.91. The summed E-state index contributed by atoms with van der Waals surface area (Å²) in [5.74, 6) is -1.52. The Morgan fingerprint density at radius 3 is 2.24 bits per heavy atom. The van der Waals surface area contributed by atoms with Crippen molar-refractivity contribution in [1.82, 2.24) is 10.2 Å². The van der Waals surface area contributed by atoms with Crippen LogP contribution in [-0.2, 0) is 17.9 Å². The first-order valence-electron chi connectivity index (χ1n) is 8.90. The van der Waals surface area contributed by atoms with Gasteiger partial charge in [-0.15, -0.1) is 0 Å². The lowest BCUT2D eigenvalue weighted by Gasteiger charge is -2.19. The number of halogens is 2. The van der Waals surface area contributed by atoms with E-state index in [2.05, 4.69) is 15.6 Å². The average molecular weight is 401 g/mol. The average Bonchev–Trinajstić information content (AvgIpc) is 2.82. The second-order valence-electron chi connectivity index (χ2n) is 7.20. The molecule has 9 heteroatoms. The molecule has 4 N–H and O–H groups in total. The number of benzene rings is 2. The molecule has 3 rings (SSSR count). The van der Waals surface area contributed by atoms with Crippen LogP contribution >= 0.6 is 0 Å². The van der Waals surface area contributed by atoms with Gasteiger partial charge in [0, 0.05) is 18.3 Å².